The van der Waals surface area contributed by atoms with Crippen LogP contribution in [0.1, 0.15) is 23.2 Å². The Kier molecular flexibility index (Phi) is 4.50. The number of likely N-dealkylation sites (tertiary alicyclic amines) is 1. The lowest BCUT2D eigenvalue weighted by Gasteiger charge is -2.31. The summed E-state index contributed by atoms with van der Waals surface area (Å²) >= 11 is 0. The molecule has 1 saturated heterocycles. The lowest BCUT2D eigenvalue weighted by atomic mass is 9.97. The van der Waals surface area contributed by atoms with E-state index >= 15 is 0 Å². The molecule has 0 spiro atoms. The second kappa shape index (κ2) is 6.71. The lowest BCUT2D eigenvalue weighted by molar-refractivity contribution is 0.0581. The number of nitrogens with zero attached hydrogens (tertiary/aromatic N) is 1. The molecule has 0 aromatic heterocycles. The van der Waals surface area contributed by atoms with Gasteiger partial charge in [-0.3, -0.25) is 4.79 Å². The number of rotatable bonds is 4. The Morgan fingerprint density at radius 3 is 2.86 bits per heavy atom. The first-order chi connectivity index (χ1) is 10.8. The van der Waals surface area contributed by atoms with Crippen molar-refractivity contribution < 1.29 is 19.0 Å². The van der Waals surface area contributed by atoms with Crippen LogP contribution in [0.15, 0.2) is 18.2 Å². The van der Waals surface area contributed by atoms with E-state index in [2.05, 4.69) is 5.92 Å². The summed E-state index contributed by atoms with van der Waals surface area (Å²) < 4.78 is 16.0. The van der Waals surface area contributed by atoms with Crippen LogP contribution in [0.2, 0.25) is 0 Å². The van der Waals surface area contributed by atoms with Gasteiger partial charge in [0.1, 0.15) is 6.61 Å². The monoisotopic (exact) mass is 301 g/mol. The van der Waals surface area contributed by atoms with Crippen LogP contribution in [-0.4, -0.2) is 43.9 Å². The largest absolute Gasteiger partial charge is 0.454 e. The van der Waals surface area contributed by atoms with Crippen molar-refractivity contribution >= 4 is 5.91 Å². The molecule has 5 heteroatoms. The molecule has 116 valence electrons. The Labute approximate surface area is 130 Å². The van der Waals surface area contributed by atoms with Crippen LogP contribution in [0, 0.1) is 18.3 Å². The highest BCUT2D eigenvalue weighted by Gasteiger charge is 2.25. The van der Waals surface area contributed by atoms with Gasteiger partial charge < -0.3 is 19.1 Å². The topological polar surface area (TPSA) is 48.0 Å². The van der Waals surface area contributed by atoms with Crippen LogP contribution in [0.3, 0.4) is 0 Å². The summed E-state index contributed by atoms with van der Waals surface area (Å²) in [6, 6.07) is 5.33. The maximum atomic E-state index is 12.5. The number of benzene rings is 1. The zero-order valence-corrected chi connectivity index (χ0v) is 12.4. The number of hydrogen-bond acceptors (Lipinski definition) is 4. The van der Waals surface area contributed by atoms with Gasteiger partial charge in [-0.05, 0) is 37.0 Å². The molecule has 2 aliphatic rings. The van der Waals surface area contributed by atoms with Crippen LogP contribution in [0.4, 0.5) is 0 Å². The standard InChI is InChI=1S/C17H19NO4/c1-2-9-20-11-13-5-7-18(8-6-13)17(19)14-3-4-15-16(10-14)22-12-21-15/h1,3-4,10,13H,5-9,11-12H2. The van der Waals surface area contributed by atoms with Gasteiger partial charge >= 0.3 is 0 Å². The van der Waals surface area contributed by atoms with Crippen LogP contribution in [-0.2, 0) is 4.74 Å². The molecule has 5 nitrogen and oxygen atoms in total. The van der Waals surface area contributed by atoms with Crippen molar-refractivity contribution in [2.75, 3.05) is 33.1 Å². The van der Waals surface area contributed by atoms with Crippen LogP contribution in [0.25, 0.3) is 0 Å². The average Bonchev–Trinajstić information content (AvgIpc) is 3.02. The zero-order chi connectivity index (χ0) is 15.4. The molecule has 22 heavy (non-hydrogen) atoms. The minimum Gasteiger partial charge on any atom is -0.454 e. The number of piperidine rings is 1. The molecule has 0 atom stereocenters. The molecule has 1 aromatic carbocycles. The summed E-state index contributed by atoms with van der Waals surface area (Å²) in [5, 5.41) is 0. The smallest absolute Gasteiger partial charge is 0.253 e. The second-order valence-corrected chi connectivity index (χ2v) is 5.52. The predicted molar refractivity (Wildman–Crippen MR) is 80.8 cm³/mol. The zero-order valence-electron chi connectivity index (χ0n) is 12.4. The van der Waals surface area contributed by atoms with Gasteiger partial charge in [0.05, 0.1) is 6.61 Å². The molecule has 0 saturated carbocycles. The highest BCUT2D eigenvalue weighted by Crippen LogP contribution is 2.33. The van der Waals surface area contributed by atoms with E-state index in [0.717, 1.165) is 25.9 Å². The summed E-state index contributed by atoms with van der Waals surface area (Å²) in [7, 11) is 0. The Morgan fingerprint density at radius 2 is 2.09 bits per heavy atom. The molecule has 1 amide bonds. The van der Waals surface area contributed by atoms with Gasteiger partial charge in [-0.15, -0.1) is 6.42 Å². The maximum absolute atomic E-state index is 12.5. The Morgan fingerprint density at radius 1 is 1.32 bits per heavy atom. The number of fused-ring (bicyclic) bond motifs is 1. The van der Waals surface area contributed by atoms with Gasteiger partial charge in [-0.1, -0.05) is 5.92 Å². The van der Waals surface area contributed by atoms with Crippen molar-refractivity contribution in [2.45, 2.75) is 12.8 Å². The van der Waals surface area contributed by atoms with Crippen molar-refractivity contribution in [1.82, 2.24) is 4.90 Å². The van der Waals surface area contributed by atoms with Gasteiger partial charge in [-0.25, -0.2) is 0 Å². The molecule has 0 N–H and O–H groups in total. The van der Waals surface area contributed by atoms with Gasteiger partial charge in [0.2, 0.25) is 6.79 Å². The quantitative estimate of drug-likeness (QED) is 0.630. The van der Waals surface area contributed by atoms with E-state index in [9.17, 15) is 4.79 Å². The van der Waals surface area contributed by atoms with Crippen molar-refractivity contribution in [1.29, 1.82) is 0 Å². The van der Waals surface area contributed by atoms with Crippen molar-refractivity contribution in [2.24, 2.45) is 5.92 Å². The van der Waals surface area contributed by atoms with E-state index in [1.54, 1.807) is 18.2 Å². The number of amides is 1. The highest BCUT2D eigenvalue weighted by molar-refractivity contribution is 5.95. The molecule has 1 fully saturated rings. The van der Waals surface area contributed by atoms with E-state index in [1.807, 2.05) is 4.90 Å². The summed E-state index contributed by atoms with van der Waals surface area (Å²) in [5.41, 5.74) is 0.645. The first-order valence-corrected chi connectivity index (χ1v) is 7.48. The third-order valence-corrected chi connectivity index (χ3v) is 4.06. The molecule has 0 radical (unpaired) electrons. The maximum Gasteiger partial charge on any atom is 0.253 e. The molecule has 3 rings (SSSR count). The summed E-state index contributed by atoms with van der Waals surface area (Å²) in [5.74, 6) is 4.33. The van der Waals surface area contributed by atoms with E-state index in [4.69, 9.17) is 20.6 Å². The van der Waals surface area contributed by atoms with Gasteiger partial charge in [-0.2, -0.15) is 0 Å². The predicted octanol–water partition coefficient (Wildman–Crippen LogP) is 1.92. The SMILES string of the molecule is C#CCOCC1CCN(C(=O)c2ccc3c(c2)OCO3)CC1. The minimum absolute atomic E-state index is 0.0429. The Balaban J connectivity index is 1.55. The number of hydrogen-bond donors (Lipinski definition) is 0. The van der Waals surface area contributed by atoms with Crippen molar-refractivity contribution in [3.8, 4) is 23.8 Å². The van der Waals surface area contributed by atoms with Crippen molar-refractivity contribution in [3.63, 3.8) is 0 Å². The summed E-state index contributed by atoms with van der Waals surface area (Å²) in [4.78, 5) is 14.4. The molecular weight excluding hydrogens is 282 g/mol. The molecule has 0 aliphatic carbocycles. The average molecular weight is 301 g/mol. The number of ether oxygens (including phenoxy) is 3. The van der Waals surface area contributed by atoms with Crippen LogP contribution in [0.5, 0.6) is 11.5 Å². The Hall–Kier alpha value is -2.19. The van der Waals surface area contributed by atoms with Crippen molar-refractivity contribution in [3.05, 3.63) is 23.8 Å². The summed E-state index contributed by atoms with van der Waals surface area (Å²) in [6.45, 7) is 2.75. The lowest BCUT2D eigenvalue weighted by Crippen LogP contribution is -2.39. The fraction of sp³-hybridized carbons (Fsp3) is 0.471. The summed E-state index contributed by atoms with van der Waals surface area (Å²) in [6.07, 6.45) is 7.05. The first kappa shape index (κ1) is 14.7. The number of carbonyl (C=O) groups excluding carboxylic acids is 1. The van der Waals surface area contributed by atoms with Gasteiger partial charge in [0.25, 0.3) is 5.91 Å². The van der Waals surface area contributed by atoms with Gasteiger partial charge in [0, 0.05) is 18.7 Å². The molecule has 0 bridgehead atoms. The minimum atomic E-state index is 0.0429. The third kappa shape index (κ3) is 3.18. The van der Waals surface area contributed by atoms with E-state index in [1.165, 1.54) is 0 Å². The third-order valence-electron chi connectivity index (χ3n) is 4.06. The molecular formula is C17H19NO4. The second-order valence-electron chi connectivity index (χ2n) is 5.52. The first-order valence-electron chi connectivity index (χ1n) is 7.48. The number of terminal acetylenes is 1. The van der Waals surface area contributed by atoms with E-state index < -0.39 is 0 Å². The van der Waals surface area contributed by atoms with Crippen LogP contribution >= 0.6 is 0 Å². The van der Waals surface area contributed by atoms with E-state index in [0.29, 0.717) is 36.2 Å². The number of carbonyl (C=O) groups is 1. The van der Waals surface area contributed by atoms with Crippen LogP contribution < -0.4 is 9.47 Å². The fourth-order valence-corrected chi connectivity index (χ4v) is 2.80. The molecule has 2 heterocycles. The molecule has 0 unspecified atom stereocenters. The Bertz CT molecular complexity index is 585. The normalized spacial score (nSPS) is 17.3. The molecule has 2 aliphatic heterocycles. The molecule has 1 aromatic rings. The van der Waals surface area contributed by atoms with E-state index in [-0.39, 0.29) is 12.7 Å². The highest BCUT2D eigenvalue weighted by atomic mass is 16.7. The van der Waals surface area contributed by atoms with Gasteiger partial charge in [0.15, 0.2) is 11.5 Å². The fourth-order valence-electron chi connectivity index (χ4n) is 2.80.